The molecule has 0 saturated carbocycles. The molecule has 0 atom stereocenters. The Hall–Kier alpha value is -3.49. The highest BCUT2D eigenvalue weighted by molar-refractivity contribution is 8.18. The van der Waals surface area contributed by atoms with Crippen LogP contribution in [0.3, 0.4) is 0 Å². The van der Waals surface area contributed by atoms with Gasteiger partial charge in [0.15, 0.2) is 5.17 Å². The van der Waals surface area contributed by atoms with E-state index in [1.807, 2.05) is 0 Å². The van der Waals surface area contributed by atoms with Crippen molar-refractivity contribution in [3.8, 4) is 17.1 Å². The number of furan rings is 1. The van der Waals surface area contributed by atoms with Crippen LogP contribution in [0.2, 0.25) is 5.02 Å². The number of aliphatic imine (C=N–C) groups is 1. The lowest BCUT2D eigenvalue weighted by molar-refractivity contribution is -0.121. The van der Waals surface area contributed by atoms with Gasteiger partial charge in [0.1, 0.15) is 23.0 Å². The molecular weight excluding hydrogens is 452 g/mol. The minimum Gasteiger partial charge on any atom is -0.494 e. The van der Waals surface area contributed by atoms with E-state index in [0.717, 1.165) is 0 Å². The summed E-state index contributed by atoms with van der Waals surface area (Å²) in [5.41, 5.74) is 1.11. The van der Waals surface area contributed by atoms with Crippen LogP contribution in [0.4, 0.5) is 5.69 Å². The second-order valence-corrected chi connectivity index (χ2v) is 8.18. The summed E-state index contributed by atoms with van der Waals surface area (Å²) >= 11 is 7.26. The number of thioether (sulfide) groups is 1. The molecule has 4 rings (SSSR count). The van der Waals surface area contributed by atoms with Gasteiger partial charge in [-0.1, -0.05) is 29.8 Å². The van der Waals surface area contributed by atoms with Crippen LogP contribution in [0.25, 0.3) is 17.4 Å². The predicted molar refractivity (Wildman–Crippen MR) is 125 cm³/mol. The molecule has 1 aliphatic heterocycles. The molecule has 0 aliphatic carbocycles. The number of rotatable bonds is 5. The summed E-state index contributed by atoms with van der Waals surface area (Å²) in [5, 5.41) is 10.4. The van der Waals surface area contributed by atoms with E-state index in [4.69, 9.17) is 20.8 Å². The number of hydrogen-bond acceptors (Lipinski definition) is 6. The molecule has 162 valence electrons. The maximum atomic E-state index is 12.7. The molecule has 0 radical (unpaired) electrons. The molecule has 2 aromatic carbocycles. The van der Waals surface area contributed by atoms with Crippen LogP contribution in [0, 0.1) is 0 Å². The Morgan fingerprint density at radius 2 is 2.00 bits per heavy atom. The summed E-state index contributed by atoms with van der Waals surface area (Å²) in [7, 11) is 3.16. The standard InChI is InChI=1S/C23H17ClN2O5S/c1-26-21(27)20(32-23(26)25-17-11-13(24)7-9-19(17)30-2)12-14-8-10-18(31-14)15-5-3-4-6-16(15)22(28)29/h3-12H,1-2H3,(H,28,29)/b20-12+,25-23?. The first-order chi connectivity index (χ1) is 15.4. The highest BCUT2D eigenvalue weighted by atomic mass is 35.5. The lowest BCUT2D eigenvalue weighted by Crippen LogP contribution is -2.23. The maximum absolute atomic E-state index is 12.7. The van der Waals surface area contributed by atoms with Crippen LogP contribution in [0.5, 0.6) is 5.75 Å². The Balaban J connectivity index is 1.64. The second kappa shape index (κ2) is 8.94. The Morgan fingerprint density at radius 1 is 1.22 bits per heavy atom. The van der Waals surface area contributed by atoms with Crippen molar-refractivity contribution in [2.75, 3.05) is 14.2 Å². The number of methoxy groups -OCH3 is 1. The van der Waals surface area contributed by atoms with E-state index in [-0.39, 0.29) is 11.5 Å². The molecule has 1 saturated heterocycles. The minimum atomic E-state index is -1.04. The molecule has 1 N–H and O–H groups in total. The van der Waals surface area contributed by atoms with E-state index in [1.54, 1.807) is 61.7 Å². The lowest BCUT2D eigenvalue weighted by atomic mass is 10.1. The van der Waals surface area contributed by atoms with E-state index >= 15 is 0 Å². The first-order valence-electron chi connectivity index (χ1n) is 9.39. The van der Waals surface area contributed by atoms with Crippen molar-refractivity contribution < 1.29 is 23.8 Å². The van der Waals surface area contributed by atoms with Crippen molar-refractivity contribution in [3.05, 3.63) is 75.8 Å². The molecule has 0 spiro atoms. The largest absolute Gasteiger partial charge is 0.494 e. The number of nitrogens with zero attached hydrogens (tertiary/aromatic N) is 2. The van der Waals surface area contributed by atoms with E-state index < -0.39 is 5.97 Å². The average Bonchev–Trinajstić information content (AvgIpc) is 3.35. The zero-order valence-corrected chi connectivity index (χ0v) is 18.6. The van der Waals surface area contributed by atoms with Crippen molar-refractivity contribution in [3.63, 3.8) is 0 Å². The molecule has 2 heterocycles. The van der Waals surface area contributed by atoms with Gasteiger partial charge in [0, 0.05) is 23.7 Å². The highest BCUT2D eigenvalue weighted by Crippen LogP contribution is 2.37. The van der Waals surface area contributed by atoms with E-state index in [9.17, 15) is 14.7 Å². The molecular formula is C23H17ClN2O5S. The number of benzene rings is 2. The van der Waals surface area contributed by atoms with E-state index in [2.05, 4.69) is 4.99 Å². The minimum absolute atomic E-state index is 0.136. The summed E-state index contributed by atoms with van der Waals surface area (Å²) in [5.74, 6) is 0.0757. The summed E-state index contributed by atoms with van der Waals surface area (Å²) in [6.07, 6.45) is 1.61. The predicted octanol–water partition coefficient (Wildman–Crippen LogP) is 5.54. The van der Waals surface area contributed by atoms with Gasteiger partial charge in [-0.2, -0.15) is 0 Å². The molecule has 3 aromatic rings. The number of aromatic carboxylic acids is 1. The Bertz CT molecular complexity index is 1280. The smallest absolute Gasteiger partial charge is 0.336 e. The van der Waals surface area contributed by atoms with Gasteiger partial charge < -0.3 is 14.3 Å². The van der Waals surface area contributed by atoms with Crippen LogP contribution in [-0.2, 0) is 4.79 Å². The highest BCUT2D eigenvalue weighted by Gasteiger charge is 2.31. The van der Waals surface area contributed by atoms with Crippen LogP contribution < -0.4 is 4.74 Å². The Labute approximate surface area is 193 Å². The monoisotopic (exact) mass is 468 g/mol. The topological polar surface area (TPSA) is 92.3 Å². The van der Waals surface area contributed by atoms with Gasteiger partial charge in [-0.3, -0.25) is 9.69 Å². The zero-order valence-electron chi connectivity index (χ0n) is 17.0. The van der Waals surface area contributed by atoms with Gasteiger partial charge in [0.05, 0.1) is 17.6 Å². The molecule has 1 amide bonds. The van der Waals surface area contributed by atoms with Crippen molar-refractivity contribution in [1.82, 2.24) is 4.90 Å². The van der Waals surface area contributed by atoms with Crippen LogP contribution >= 0.6 is 23.4 Å². The Kier molecular flexibility index (Phi) is 6.07. The number of likely N-dealkylation sites (N-methyl/N-ethyl adjacent to an activating group) is 1. The van der Waals surface area contributed by atoms with Crippen LogP contribution in [0.15, 0.2) is 68.9 Å². The van der Waals surface area contributed by atoms with Gasteiger partial charge in [-0.25, -0.2) is 9.79 Å². The molecule has 1 aromatic heterocycles. The number of halogens is 1. The maximum Gasteiger partial charge on any atom is 0.336 e. The number of carbonyl (C=O) groups is 2. The number of carboxylic acid groups (broad SMARTS) is 1. The summed E-state index contributed by atoms with van der Waals surface area (Å²) < 4.78 is 11.1. The second-order valence-electron chi connectivity index (χ2n) is 6.74. The fourth-order valence-corrected chi connectivity index (χ4v) is 4.22. The Morgan fingerprint density at radius 3 is 2.75 bits per heavy atom. The number of amides is 1. The normalized spacial score (nSPS) is 16.2. The fourth-order valence-electron chi connectivity index (χ4n) is 3.09. The summed E-state index contributed by atoms with van der Waals surface area (Å²) in [4.78, 5) is 30.6. The number of ether oxygens (including phenoxy) is 1. The third kappa shape index (κ3) is 4.28. The van der Waals surface area contributed by atoms with Crippen molar-refractivity contribution in [2.45, 2.75) is 0 Å². The van der Waals surface area contributed by atoms with Crippen LogP contribution in [0.1, 0.15) is 16.1 Å². The van der Waals surface area contributed by atoms with Crippen molar-refractivity contribution in [2.24, 2.45) is 4.99 Å². The molecule has 0 bridgehead atoms. The average molecular weight is 469 g/mol. The third-order valence-electron chi connectivity index (χ3n) is 4.68. The number of carbonyl (C=O) groups excluding carboxylic acids is 1. The SMILES string of the molecule is COc1ccc(Cl)cc1N=C1S/C(=C/c2ccc(-c3ccccc3C(=O)O)o2)C(=O)N1C. The van der Waals surface area contributed by atoms with Crippen molar-refractivity contribution >= 4 is 52.2 Å². The fraction of sp³-hybridized carbons (Fsp3) is 0.0870. The first-order valence-corrected chi connectivity index (χ1v) is 10.6. The zero-order chi connectivity index (χ0) is 22.8. The van der Waals surface area contributed by atoms with Gasteiger partial charge in [-0.15, -0.1) is 0 Å². The van der Waals surface area contributed by atoms with Crippen LogP contribution in [-0.4, -0.2) is 41.2 Å². The summed E-state index contributed by atoms with van der Waals surface area (Å²) in [6, 6.07) is 15.0. The molecule has 0 unspecified atom stereocenters. The van der Waals surface area contributed by atoms with Gasteiger partial charge in [0.2, 0.25) is 0 Å². The number of carboxylic acids is 1. The molecule has 7 nitrogen and oxygen atoms in total. The third-order valence-corrected chi connectivity index (χ3v) is 5.98. The quantitative estimate of drug-likeness (QED) is 0.494. The molecule has 32 heavy (non-hydrogen) atoms. The van der Waals surface area contributed by atoms with E-state index in [0.29, 0.717) is 43.6 Å². The lowest BCUT2D eigenvalue weighted by Gasteiger charge is -2.09. The summed E-state index contributed by atoms with van der Waals surface area (Å²) in [6.45, 7) is 0. The van der Waals surface area contributed by atoms with Gasteiger partial charge in [-0.05, 0) is 48.2 Å². The van der Waals surface area contributed by atoms with Crippen molar-refractivity contribution in [1.29, 1.82) is 0 Å². The van der Waals surface area contributed by atoms with Gasteiger partial charge in [0.25, 0.3) is 5.91 Å². The molecule has 9 heteroatoms. The molecule has 1 aliphatic rings. The number of hydrogen-bond donors (Lipinski definition) is 1. The van der Waals surface area contributed by atoms with E-state index in [1.165, 1.54) is 29.8 Å². The first kappa shape index (κ1) is 21.7. The van der Waals surface area contributed by atoms with Gasteiger partial charge >= 0.3 is 5.97 Å². The molecule has 1 fully saturated rings. The number of amidine groups is 1.